The van der Waals surface area contributed by atoms with Gasteiger partial charge in [0, 0.05) is 60.3 Å². The molecule has 1 saturated heterocycles. The number of hydrogen-bond acceptors (Lipinski definition) is 4. The fourth-order valence-corrected chi connectivity index (χ4v) is 4.92. The summed E-state index contributed by atoms with van der Waals surface area (Å²) in [5, 5.41) is 0.757. The van der Waals surface area contributed by atoms with Crippen molar-refractivity contribution in [3.63, 3.8) is 0 Å². The molecule has 4 heterocycles. The monoisotopic (exact) mass is 435 g/mol. The van der Waals surface area contributed by atoms with Gasteiger partial charge in [0.05, 0.1) is 6.42 Å². The Morgan fingerprint density at radius 3 is 2.88 bits per heavy atom. The number of benzene rings is 1. The third-order valence-corrected chi connectivity index (χ3v) is 6.81. The molecule has 0 bridgehead atoms. The Bertz CT molecular complexity index is 1250. The van der Waals surface area contributed by atoms with E-state index in [0.29, 0.717) is 37.6 Å². The van der Waals surface area contributed by atoms with E-state index in [1.165, 1.54) is 12.1 Å². The van der Waals surface area contributed by atoms with Crippen LogP contribution in [0.2, 0.25) is 0 Å². The van der Waals surface area contributed by atoms with Crippen LogP contribution in [0.5, 0.6) is 0 Å². The van der Waals surface area contributed by atoms with E-state index in [0.717, 1.165) is 39.8 Å². The molecule has 0 spiro atoms. The van der Waals surface area contributed by atoms with E-state index in [-0.39, 0.29) is 30.0 Å². The number of amides is 2. The average molecular weight is 436 g/mol. The number of nitrogens with zero attached hydrogens (tertiary/aromatic N) is 4. The molecule has 3 aromatic rings. The van der Waals surface area contributed by atoms with Crippen molar-refractivity contribution in [2.75, 3.05) is 25.0 Å². The predicted molar refractivity (Wildman–Crippen MR) is 119 cm³/mol. The summed E-state index contributed by atoms with van der Waals surface area (Å²) in [4.78, 5) is 41.4. The van der Waals surface area contributed by atoms with Crippen LogP contribution in [-0.4, -0.2) is 51.8 Å². The van der Waals surface area contributed by atoms with Crippen molar-refractivity contribution in [2.24, 2.45) is 0 Å². The van der Waals surface area contributed by atoms with Gasteiger partial charge in [-0.15, -0.1) is 0 Å². The van der Waals surface area contributed by atoms with Gasteiger partial charge in [-0.1, -0.05) is 0 Å². The second-order valence-corrected chi connectivity index (χ2v) is 8.84. The van der Waals surface area contributed by atoms with E-state index >= 15 is 0 Å². The summed E-state index contributed by atoms with van der Waals surface area (Å²) in [6.07, 6.45) is 2.16. The number of nitrogens with one attached hydrogen (secondary N) is 1. The molecule has 166 valence electrons. The molecular weight excluding hydrogens is 409 g/mol. The van der Waals surface area contributed by atoms with Crippen LogP contribution in [0.25, 0.3) is 10.9 Å². The van der Waals surface area contributed by atoms with Crippen molar-refractivity contribution in [3.8, 4) is 0 Å². The highest BCUT2D eigenvalue weighted by molar-refractivity contribution is 5.95. The number of hydrogen-bond donors (Lipinski definition) is 1. The largest absolute Gasteiger partial charge is 0.358 e. The van der Waals surface area contributed by atoms with Gasteiger partial charge >= 0.3 is 0 Å². The number of halogens is 1. The van der Waals surface area contributed by atoms with E-state index in [2.05, 4.69) is 4.98 Å². The first kappa shape index (κ1) is 20.6. The third kappa shape index (κ3) is 3.43. The van der Waals surface area contributed by atoms with Crippen molar-refractivity contribution in [3.05, 3.63) is 52.4 Å². The first-order chi connectivity index (χ1) is 15.3. The highest BCUT2D eigenvalue weighted by Crippen LogP contribution is 2.32. The molecule has 2 aliphatic heterocycles. The Balaban J connectivity index is 1.35. The normalized spacial score (nSPS) is 18.5. The van der Waals surface area contributed by atoms with Gasteiger partial charge in [0.15, 0.2) is 0 Å². The number of H-pyrrole nitrogens is 1. The van der Waals surface area contributed by atoms with Crippen LogP contribution in [0.1, 0.15) is 47.1 Å². The lowest BCUT2D eigenvalue weighted by Crippen LogP contribution is -2.33. The number of carbonyl (C=O) groups is 2. The maximum absolute atomic E-state index is 13.8. The van der Waals surface area contributed by atoms with Crippen molar-refractivity contribution in [2.45, 2.75) is 45.4 Å². The lowest BCUT2D eigenvalue weighted by Gasteiger charge is -2.26. The molecule has 2 aromatic heterocycles. The minimum Gasteiger partial charge on any atom is -0.358 e. The number of fused-ring (bicyclic) bond motifs is 2. The number of anilines is 1. The molecular formula is C24H26FN5O2. The molecule has 5 rings (SSSR count). The molecule has 1 fully saturated rings. The molecule has 32 heavy (non-hydrogen) atoms. The van der Waals surface area contributed by atoms with Crippen LogP contribution < -0.4 is 4.90 Å². The zero-order valence-corrected chi connectivity index (χ0v) is 18.5. The summed E-state index contributed by atoms with van der Waals surface area (Å²) in [6, 6.07) is 4.60. The Kier molecular flexibility index (Phi) is 4.95. The maximum Gasteiger partial charge on any atom is 0.228 e. The average Bonchev–Trinajstić information content (AvgIpc) is 3.36. The summed E-state index contributed by atoms with van der Waals surface area (Å²) < 4.78 is 13.8. The van der Waals surface area contributed by atoms with E-state index in [1.807, 2.05) is 18.7 Å². The molecule has 2 aliphatic rings. The fourth-order valence-electron chi connectivity index (χ4n) is 4.92. The number of aromatic nitrogens is 3. The quantitative estimate of drug-likeness (QED) is 0.685. The molecule has 1 unspecified atom stereocenters. The van der Waals surface area contributed by atoms with Crippen LogP contribution in [0.3, 0.4) is 0 Å². The first-order valence-electron chi connectivity index (χ1n) is 11.0. The predicted octanol–water partition coefficient (Wildman–Crippen LogP) is 3.18. The van der Waals surface area contributed by atoms with Crippen molar-refractivity contribution < 1.29 is 14.0 Å². The van der Waals surface area contributed by atoms with Gasteiger partial charge < -0.3 is 9.88 Å². The fraction of sp³-hybridized carbons (Fsp3) is 0.417. The van der Waals surface area contributed by atoms with Gasteiger partial charge in [0.25, 0.3) is 0 Å². The number of likely N-dealkylation sites (tertiary alicyclic amines) is 1. The number of carbonyl (C=O) groups excluding carboxylic acids is 2. The van der Waals surface area contributed by atoms with Gasteiger partial charge in [0.2, 0.25) is 11.8 Å². The highest BCUT2D eigenvalue weighted by atomic mass is 19.1. The van der Waals surface area contributed by atoms with Crippen molar-refractivity contribution in [1.29, 1.82) is 0 Å². The summed E-state index contributed by atoms with van der Waals surface area (Å²) in [5.41, 5.74) is 4.50. The molecule has 1 N–H and O–H groups in total. The second-order valence-electron chi connectivity index (χ2n) is 8.84. The van der Waals surface area contributed by atoms with Crippen LogP contribution in [-0.2, 0) is 22.4 Å². The Morgan fingerprint density at radius 1 is 1.25 bits per heavy atom. The summed E-state index contributed by atoms with van der Waals surface area (Å²) in [7, 11) is 1.76. The lowest BCUT2D eigenvalue weighted by atomic mass is 10.0. The molecule has 1 atom stereocenters. The summed E-state index contributed by atoms with van der Waals surface area (Å²) >= 11 is 0. The minimum absolute atomic E-state index is 0.0164. The van der Waals surface area contributed by atoms with Crippen LogP contribution in [0, 0.1) is 19.7 Å². The molecule has 7 nitrogen and oxygen atoms in total. The van der Waals surface area contributed by atoms with Gasteiger partial charge in [-0.25, -0.2) is 14.4 Å². The SMILES string of the molecule is Cc1nc(C2CCN(C(=O)Cc3c(C)[nH]c4ccc(F)cc34)C2)nc2c1CCC(=O)N2C. The maximum atomic E-state index is 13.8. The van der Waals surface area contributed by atoms with Crippen LogP contribution >= 0.6 is 0 Å². The lowest BCUT2D eigenvalue weighted by molar-refractivity contribution is -0.129. The van der Waals surface area contributed by atoms with Gasteiger partial charge in [-0.05, 0) is 50.5 Å². The number of rotatable bonds is 3. The highest BCUT2D eigenvalue weighted by Gasteiger charge is 2.32. The smallest absolute Gasteiger partial charge is 0.228 e. The molecule has 0 saturated carbocycles. The number of aryl methyl sites for hydroxylation is 2. The topological polar surface area (TPSA) is 82.2 Å². The van der Waals surface area contributed by atoms with Crippen LogP contribution in [0.15, 0.2) is 18.2 Å². The van der Waals surface area contributed by atoms with Gasteiger partial charge in [-0.2, -0.15) is 0 Å². The Labute approximate surface area is 185 Å². The van der Waals surface area contributed by atoms with Crippen LogP contribution in [0.4, 0.5) is 10.2 Å². The Morgan fingerprint density at radius 2 is 2.06 bits per heavy atom. The molecule has 1 aromatic carbocycles. The second kappa shape index (κ2) is 7.69. The molecule has 2 amide bonds. The van der Waals surface area contributed by atoms with E-state index in [9.17, 15) is 14.0 Å². The van der Waals surface area contributed by atoms with Crippen molar-refractivity contribution >= 4 is 28.5 Å². The zero-order chi connectivity index (χ0) is 22.6. The zero-order valence-electron chi connectivity index (χ0n) is 18.5. The summed E-state index contributed by atoms with van der Waals surface area (Å²) in [6.45, 7) is 5.05. The van der Waals surface area contributed by atoms with Gasteiger partial charge in [-0.3, -0.25) is 14.5 Å². The third-order valence-electron chi connectivity index (χ3n) is 6.81. The molecule has 8 heteroatoms. The van der Waals surface area contributed by atoms with E-state index in [4.69, 9.17) is 9.97 Å². The number of aromatic amines is 1. The standard InChI is InChI=1S/C24H26FN5O2/c1-13-17-5-7-21(31)29(3)24(17)28-23(27-13)15-8-9-30(12-15)22(32)11-18-14(2)26-20-6-4-16(25)10-19(18)20/h4,6,10,15,26H,5,7-9,11-12H2,1-3H3. The van der Waals surface area contributed by atoms with Crippen molar-refractivity contribution in [1.82, 2.24) is 19.9 Å². The Hall–Kier alpha value is -3.29. The van der Waals surface area contributed by atoms with E-state index in [1.54, 1.807) is 18.0 Å². The molecule has 0 radical (unpaired) electrons. The van der Waals surface area contributed by atoms with E-state index < -0.39 is 0 Å². The van der Waals surface area contributed by atoms with Gasteiger partial charge in [0.1, 0.15) is 17.5 Å². The minimum atomic E-state index is -0.310. The first-order valence-corrected chi connectivity index (χ1v) is 11.0. The summed E-state index contributed by atoms with van der Waals surface area (Å²) in [5.74, 6) is 1.20. The molecule has 0 aliphatic carbocycles.